The zero-order valence-corrected chi connectivity index (χ0v) is 8.74. The first-order valence-corrected chi connectivity index (χ1v) is 4.83. The van der Waals surface area contributed by atoms with Gasteiger partial charge in [-0.2, -0.15) is 0 Å². The van der Waals surface area contributed by atoms with E-state index in [0.717, 1.165) is 0 Å². The van der Waals surface area contributed by atoms with E-state index in [1.807, 2.05) is 11.8 Å². The van der Waals surface area contributed by atoms with Crippen molar-refractivity contribution in [3.8, 4) is 0 Å². The minimum atomic E-state index is -0.372. The molecule has 15 heavy (non-hydrogen) atoms. The van der Waals surface area contributed by atoms with E-state index in [4.69, 9.17) is 0 Å². The van der Waals surface area contributed by atoms with Crippen molar-refractivity contribution in [3.05, 3.63) is 42.2 Å². The Morgan fingerprint density at radius 1 is 1.53 bits per heavy atom. The summed E-state index contributed by atoms with van der Waals surface area (Å²) in [6, 6.07) is 4.47. The lowest BCUT2D eigenvalue weighted by atomic mass is 10.2. The third kappa shape index (κ3) is 2.65. The third-order valence-electron chi connectivity index (χ3n) is 2.18. The highest BCUT2D eigenvalue weighted by Crippen LogP contribution is 2.19. The second-order valence-corrected chi connectivity index (χ2v) is 3.16. The zero-order valence-electron chi connectivity index (χ0n) is 8.74. The monoisotopic (exact) mass is 207 g/mol. The molecule has 0 heterocycles. The molecule has 1 aromatic rings. The van der Waals surface area contributed by atoms with E-state index >= 15 is 0 Å². The molecule has 0 N–H and O–H groups in total. The van der Waals surface area contributed by atoms with Crippen molar-refractivity contribution in [3.63, 3.8) is 0 Å². The van der Waals surface area contributed by atoms with E-state index in [0.29, 0.717) is 30.6 Å². The Morgan fingerprint density at radius 3 is 2.73 bits per heavy atom. The molecule has 1 aromatic carbocycles. The van der Waals surface area contributed by atoms with Crippen LogP contribution in [0.3, 0.4) is 0 Å². The van der Waals surface area contributed by atoms with Crippen molar-refractivity contribution in [1.29, 1.82) is 0 Å². The first-order chi connectivity index (χ1) is 7.22. The molecule has 0 aromatic heterocycles. The minimum absolute atomic E-state index is 0.353. The Balaban J connectivity index is 3.02. The molecule has 0 saturated heterocycles. The number of anilines is 1. The van der Waals surface area contributed by atoms with E-state index in [9.17, 15) is 9.18 Å². The maximum atomic E-state index is 13.6. The van der Waals surface area contributed by atoms with E-state index in [1.54, 1.807) is 18.2 Å². The average Bonchev–Trinajstić information content (AvgIpc) is 2.26. The first-order valence-electron chi connectivity index (χ1n) is 4.83. The highest BCUT2D eigenvalue weighted by molar-refractivity contribution is 5.76. The van der Waals surface area contributed by atoms with Gasteiger partial charge in [0.25, 0.3) is 0 Å². The van der Waals surface area contributed by atoms with Crippen molar-refractivity contribution in [2.45, 2.75) is 6.92 Å². The maximum absolute atomic E-state index is 13.6. The fraction of sp³-hybridized carbons (Fsp3) is 0.250. The third-order valence-corrected chi connectivity index (χ3v) is 2.18. The smallest absolute Gasteiger partial charge is 0.150 e. The average molecular weight is 207 g/mol. The Labute approximate surface area is 89.0 Å². The zero-order chi connectivity index (χ0) is 11.3. The molecule has 3 heteroatoms. The van der Waals surface area contributed by atoms with Gasteiger partial charge >= 0.3 is 0 Å². The molecule has 0 radical (unpaired) electrons. The second-order valence-electron chi connectivity index (χ2n) is 3.16. The number of hydrogen-bond acceptors (Lipinski definition) is 2. The first kappa shape index (κ1) is 11.4. The topological polar surface area (TPSA) is 20.3 Å². The van der Waals surface area contributed by atoms with Gasteiger partial charge in [-0.25, -0.2) is 4.39 Å². The Kier molecular flexibility index (Phi) is 4.03. The summed E-state index contributed by atoms with van der Waals surface area (Å²) >= 11 is 0. The summed E-state index contributed by atoms with van der Waals surface area (Å²) in [7, 11) is 0. The van der Waals surface area contributed by atoms with Gasteiger partial charge in [0.1, 0.15) is 12.1 Å². The van der Waals surface area contributed by atoms with Gasteiger partial charge in [-0.05, 0) is 25.1 Å². The Hall–Kier alpha value is -1.64. The lowest BCUT2D eigenvalue weighted by molar-refractivity contribution is 0.112. The number of rotatable bonds is 5. The molecule has 0 saturated carbocycles. The number of aldehydes is 1. The normalized spacial score (nSPS) is 9.73. The minimum Gasteiger partial charge on any atom is -0.366 e. The fourth-order valence-corrected chi connectivity index (χ4v) is 1.41. The van der Waals surface area contributed by atoms with Gasteiger partial charge in [0, 0.05) is 18.7 Å². The number of nitrogens with zero attached hydrogens (tertiary/aromatic N) is 1. The Bertz CT molecular complexity index is 363. The molecule has 0 spiro atoms. The molecular formula is C12H14FNO. The summed E-state index contributed by atoms with van der Waals surface area (Å²) in [4.78, 5) is 12.3. The van der Waals surface area contributed by atoms with Crippen LogP contribution >= 0.6 is 0 Å². The molecule has 0 atom stereocenters. The molecule has 80 valence electrons. The van der Waals surface area contributed by atoms with Gasteiger partial charge in [-0.3, -0.25) is 4.79 Å². The van der Waals surface area contributed by atoms with Gasteiger partial charge in [0.05, 0.1) is 5.69 Å². The van der Waals surface area contributed by atoms with E-state index in [-0.39, 0.29) is 5.82 Å². The van der Waals surface area contributed by atoms with Crippen LogP contribution in [0.4, 0.5) is 10.1 Å². The van der Waals surface area contributed by atoms with Crippen LogP contribution in [0.2, 0.25) is 0 Å². The number of benzene rings is 1. The second kappa shape index (κ2) is 5.29. The van der Waals surface area contributed by atoms with Crippen LogP contribution in [0.25, 0.3) is 0 Å². The molecule has 0 aliphatic rings. The molecule has 0 aliphatic carbocycles. The van der Waals surface area contributed by atoms with Crippen LogP contribution in [-0.4, -0.2) is 19.4 Å². The number of carbonyl (C=O) groups is 1. The van der Waals surface area contributed by atoms with Gasteiger partial charge < -0.3 is 4.90 Å². The predicted molar refractivity (Wildman–Crippen MR) is 59.9 cm³/mol. The van der Waals surface area contributed by atoms with Gasteiger partial charge in [-0.1, -0.05) is 6.08 Å². The summed E-state index contributed by atoms with van der Waals surface area (Å²) in [5.41, 5.74) is 0.855. The van der Waals surface area contributed by atoms with E-state index in [1.165, 1.54) is 6.07 Å². The van der Waals surface area contributed by atoms with Crippen LogP contribution in [0.1, 0.15) is 17.3 Å². The van der Waals surface area contributed by atoms with Crippen LogP contribution in [0.5, 0.6) is 0 Å². The fourth-order valence-electron chi connectivity index (χ4n) is 1.41. The summed E-state index contributed by atoms with van der Waals surface area (Å²) < 4.78 is 13.6. The van der Waals surface area contributed by atoms with Crippen molar-refractivity contribution >= 4 is 12.0 Å². The summed E-state index contributed by atoms with van der Waals surface area (Å²) in [5, 5.41) is 0. The van der Waals surface area contributed by atoms with E-state index in [2.05, 4.69) is 6.58 Å². The number of hydrogen-bond donors (Lipinski definition) is 0. The van der Waals surface area contributed by atoms with Crippen LogP contribution in [0.15, 0.2) is 30.9 Å². The SMILES string of the molecule is C=CCN(CC)c1ccc(C=O)cc1F. The lowest BCUT2D eigenvalue weighted by Crippen LogP contribution is -2.23. The predicted octanol–water partition coefficient (Wildman–Crippen LogP) is 2.65. The van der Waals surface area contributed by atoms with Gasteiger partial charge in [0.15, 0.2) is 0 Å². The van der Waals surface area contributed by atoms with E-state index < -0.39 is 0 Å². The van der Waals surface area contributed by atoms with Crippen LogP contribution in [0, 0.1) is 5.82 Å². The molecule has 0 bridgehead atoms. The van der Waals surface area contributed by atoms with Crippen LogP contribution < -0.4 is 4.90 Å². The molecule has 0 unspecified atom stereocenters. The molecule has 0 amide bonds. The molecule has 2 nitrogen and oxygen atoms in total. The van der Waals surface area contributed by atoms with Crippen molar-refractivity contribution in [1.82, 2.24) is 0 Å². The van der Waals surface area contributed by atoms with Crippen molar-refractivity contribution in [2.24, 2.45) is 0 Å². The highest BCUT2D eigenvalue weighted by atomic mass is 19.1. The summed E-state index contributed by atoms with van der Waals surface area (Å²) in [6.45, 7) is 6.85. The standard InChI is InChI=1S/C12H14FNO/c1-3-7-14(4-2)12-6-5-10(9-15)8-11(12)13/h3,5-6,8-9H,1,4,7H2,2H3. The molecule has 0 fully saturated rings. The van der Waals surface area contributed by atoms with Gasteiger partial charge in [0.2, 0.25) is 0 Å². The van der Waals surface area contributed by atoms with Crippen LogP contribution in [-0.2, 0) is 0 Å². The Morgan fingerprint density at radius 2 is 2.27 bits per heavy atom. The number of halogens is 1. The highest BCUT2D eigenvalue weighted by Gasteiger charge is 2.08. The molecule has 1 rings (SSSR count). The number of carbonyl (C=O) groups excluding carboxylic acids is 1. The van der Waals surface area contributed by atoms with Crippen molar-refractivity contribution < 1.29 is 9.18 Å². The quantitative estimate of drug-likeness (QED) is 0.546. The molecule has 0 aliphatic heterocycles. The largest absolute Gasteiger partial charge is 0.366 e. The summed E-state index contributed by atoms with van der Waals surface area (Å²) in [6.07, 6.45) is 2.35. The van der Waals surface area contributed by atoms with Crippen molar-refractivity contribution in [2.75, 3.05) is 18.0 Å². The lowest BCUT2D eigenvalue weighted by Gasteiger charge is -2.21. The summed E-state index contributed by atoms with van der Waals surface area (Å²) in [5.74, 6) is -0.372. The van der Waals surface area contributed by atoms with Gasteiger partial charge in [-0.15, -0.1) is 6.58 Å². The molecular weight excluding hydrogens is 193 g/mol. The maximum Gasteiger partial charge on any atom is 0.150 e. The number of likely N-dealkylation sites (N-methyl/N-ethyl adjacent to an activating group) is 1.